The smallest absolute Gasteiger partial charge is 0.135 e. The Morgan fingerprint density at radius 1 is 1.35 bits per heavy atom. The minimum Gasteiger partial charge on any atom is -0.489 e. The van der Waals surface area contributed by atoms with Crippen LogP contribution in [0.3, 0.4) is 0 Å². The lowest BCUT2D eigenvalue weighted by Crippen LogP contribution is -2.11. The molecule has 1 atom stereocenters. The number of para-hydroxylation sites is 1. The van der Waals surface area contributed by atoms with E-state index in [9.17, 15) is 0 Å². The van der Waals surface area contributed by atoms with Crippen molar-refractivity contribution in [3.8, 4) is 17.6 Å². The van der Waals surface area contributed by atoms with Crippen LogP contribution in [-0.2, 0) is 0 Å². The number of hydrogen-bond acceptors (Lipinski definition) is 1. The fourth-order valence-electron chi connectivity index (χ4n) is 1.56. The van der Waals surface area contributed by atoms with Gasteiger partial charge in [0.1, 0.15) is 5.75 Å². The molecule has 0 amide bonds. The Morgan fingerprint density at radius 2 is 2.12 bits per heavy atom. The quantitative estimate of drug-likeness (QED) is 0.561. The summed E-state index contributed by atoms with van der Waals surface area (Å²) in [6.45, 7) is 4.25. The molecule has 0 N–H and O–H groups in total. The Kier molecular flexibility index (Phi) is 6.58. The van der Waals surface area contributed by atoms with E-state index in [1.54, 1.807) is 0 Å². The average Bonchev–Trinajstić information content (AvgIpc) is 2.32. The van der Waals surface area contributed by atoms with Crippen molar-refractivity contribution in [3.05, 3.63) is 29.8 Å². The van der Waals surface area contributed by atoms with Crippen LogP contribution in [0.4, 0.5) is 0 Å². The maximum atomic E-state index is 5.88. The molecule has 0 heterocycles. The molecule has 2 heteroatoms. The van der Waals surface area contributed by atoms with Gasteiger partial charge < -0.3 is 4.74 Å². The fraction of sp³-hybridized carbons (Fsp3) is 0.467. The Bertz CT molecular complexity index is 389. The van der Waals surface area contributed by atoms with Crippen LogP contribution in [0.1, 0.15) is 38.7 Å². The van der Waals surface area contributed by atoms with Gasteiger partial charge in [-0.2, -0.15) is 0 Å². The van der Waals surface area contributed by atoms with Gasteiger partial charge in [0.25, 0.3) is 0 Å². The van der Waals surface area contributed by atoms with Crippen LogP contribution in [0.5, 0.6) is 5.75 Å². The molecule has 1 aromatic rings. The molecular formula is C15H19ClO. The molecule has 0 aliphatic rings. The van der Waals surface area contributed by atoms with Crippen molar-refractivity contribution in [2.24, 2.45) is 0 Å². The first-order chi connectivity index (χ1) is 8.27. The van der Waals surface area contributed by atoms with Crippen LogP contribution in [0, 0.1) is 11.8 Å². The molecule has 1 unspecified atom stereocenters. The van der Waals surface area contributed by atoms with E-state index < -0.39 is 0 Å². The second kappa shape index (κ2) is 8.03. The normalized spacial score (nSPS) is 11.5. The first-order valence-corrected chi connectivity index (χ1v) is 6.62. The van der Waals surface area contributed by atoms with Crippen LogP contribution in [0.15, 0.2) is 24.3 Å². The highest BCUT2D eigenvalue weighted by molar-refractivity contribution is 6.18. The van der Waals surface area contributed by atoms with E-state index in [1.807, 2.05) is 24.3 Å². The van der Waals surface area contributed by atoms with Gasteiger partial charge in [-0.15, -0.1) is 11.6 Å². The van der Waals surface area contributed by atoms with Crippen molar-refractivity contribution in [2.45, 2.75) is 39.2 Å². The first-order valence-electron chi connectivity index (χ1n) is 6.08. The van der Waals surface area contributed by atoms with Gasteiger partial charge >= 0.3 is 0 Å². The van der Waals surface area contributed by atoms with E-state index in [1.165, 1.54) is 0 Å². The molecule has 0 aliphatic heterocycles. The number of alkyl halides is 1. The maximum Gasteiger partial charge on any atom is 0.135 e. The molecule has 0 fully saturated rings. The van der Waals surface area contributed by atoms with E-state index >= 15 is 0 Å². The standard InChI is InChI=1S/C15H19ClO/c1-3-8-13(2)17-15-11-5-4-9-14(15)10-6-7-12-16/h4-5,9,11,13H,3,7-8,12H2,1-2H3. The van der Waals surface area contributed by atoms with Crippen molar-refractivity contribution < 1.29 is 4.74 Å². The molecule has 17 heavy (non-hydrogen) atoms. The maximum absolute atomic E-state index is 5.88. The number of halogens is 1. The average molecular weight is 251 g/mol. The van der Waals surface area contributed by atoms with Crippen LogP contribution in [0.2, 0.25) is 0 Å². The van der Waals surface area contributed by atoms with Gasteiger partial charge in [0, 0.05) is 12.3 Å². The molecule has 1 aromatic carbocycles. The Morgan fingerprint density at radius 3 is 2.82 bits per heavy atom. The van der Waals surface area contributed by atoms with Gasteiger partial charge in [0.05, 0.1) is 11.7 Å². The molecule has 92 valence electrons. The molecule has 0 aromatic heterocycles. The molecule has 1 nitrogen and oxygen atoms in total. The predicted molar refractivity (Wildman–Crippen MR) is 73.7 cm³/mol. The van der Waals surface area contributed by atoms with E-state index in [4.69, 9.17) is 16.3 Å². The zero-order valence-corrected chi connectivity index (χ0v) is 11.3. The molecule has 0 spiro atoms. The third-order valence-corrected chi connectivity index (χ3v) is 2.54. The van der Waals surface area contributed by atoms with E-state index in [0.717, 1.165) is 24.2 Å². The summed E-state index contributed by atoms with van der Waals surface area (Å²) in [5.74, 6) is 7.58. The van der Waals surface area contributed by atoms with E-state index in [0.29, 0.717) is 12.3 Å². The Balaban J connectivity index is 2.74. The predicted octanol–water partition coefficient (Wildman–Crippen LogP) is 4.23. The minimum atomic E-state index is 0.232. The van der Waals surface area contributed by atoms with Gasteiger partial charge in [-0.1, -0.05) is 37.3 Å². The largest absolute Gasteiger partial charge is 0.489 e. The summed E-state index contributed by atoms with van der Waals surface area (Å²) in [6.07, 6.45) is 3.13. The molecule has 0 saturated carbocycles. The zero-order chi connectivity index (χ0) is 12.5. The van der Waals surface area contributed by atoms with Crippen LogP contribution in [0.25, 0.3) is 0 Å². The topological polar surface area (TPSA) is 9.23 Å². The van der Waals surface area contributed by atoms with Crippen LogP contribution >= 0.6 is 11.6 Å². The number of rotatable bonds is 5. The second-order valence-corrected chi connectivity index (χ2v) is 4.33. The van der Waals surface area contributed by atoms with E-state index in [2.05, 4.69) is 25.7 Å². The number of ether oxygens (including phenoxy) is 1. The molecule has 0 radical (unpaired) electrons. The van der Waals surface area contributed by atoms with Crippen molar-refractivity contribution in [1.29, 1.82) is 0 Å². The van der Waals surface area contributed by atoms with Crippen molar-refractivity contribution in [3.63, 3.8) is 0 Å². The Labute approximate surface area is 109 Å². The van der Waals surface area contributed by atoms with Crippen LogP contribution < -0.4 is 4.74 Å². The lowest BCUT2D eigenvalue weighted by Gasteiger charge is -2.14. The number of hydrogen-bond donors (Lipinski definition) is 0. The summed E-state index contributed by atoms with van der Waals surface area (Å²) >= 11 is 5.60. The summed E-state index contributed by atoms with van der Waals surface area (Å²) < 4.78 is 5.88. The first kappa shape index (κ1) is 13.9. The number of benzene rings is 1. The Hall–Kier alpha value is -1.13. The van der Waals surface area contributed by atoms with Gasteiger partial charge in [-0.05, 0) is 25.5 Å². The highest BCUT2D eigenvalue weighted by Gasteiger charge is 2.05. The molecule has 0 aliphatic carbocycles. The highest BCUT2D eigenvalue weighted by atomic mass is 35.5. The third-order valence-electron chi connectivity index (χ3n) is 2.35. The lowest BCUT2D eigenvalue weighted by atomic mass is 10.2. The zero-order valence-electron chi connectivity index (χ0n) is 10.5. The summed E-state index contributed by atoms with van der Waals surface area (Å²) in [7, 11) is 0. The van der Waals surface area contributed by atoms with Crippen LogP contribution in [-0.4, -0.2) is 12.0 Å². The summed E-state index contributed by atoms with van der Waals surface area (Å²) in [5, 5.41) is 0. The monoisotopic (exact) mass is 250 g/mol. The molecule has 0 saturated heterocycles. The van der Waals surface area contributed by atoms with Gasteiger partial charge in [0.2, 0.25) is 0 Å². The summed E-state index contributed by atoms with van der Waals surface area (Å²) in [6, 6.07) is 7.90. The van der Waals surface area contributed by atoms with Crippen molar-refractivity contribution in [2.75, 3.05) is 5.88 Å². The minimum absolute atomic E-state index is 0.232. The molecular weight excluding hydrogens is 232 g/mol. The molecule has 1 rings (SSSR count). The van der Waals surface area contributed by atoms with Crippen molar-refractivity contribution >= 4 is 11.6 Å². The summed E-state index contributed by atoms with van der Waals surface area (Å²) in [4.78, 5) is 0. The fourth-order valence-corrected chi connectivity index (χ4v) is 1.65. The third kappa shape index (κ3) is 5.15. The summed E-state index contributed by atoms with van der Waals surface area (Å²) in [5.41, 5.74) is 0.945. The lowest BCUT2D eigenvalue weighted by molar-refractivity contribution is 0.209. The van der Waals surface area contributed by atoms with Gasteiger partial charge in [0.15, 0.2) is 0 Å². The molecule has 0 bridgehead atoms. The van der Waals surface area contributed by atoms with Gasteiger partial charge in [-0.3, -0.25) is 0 Å². The SMILES string of the molecule is CCCC(C)Oc1ccccc1C#CCCCl. The highest BCUT2D eigenvalue weighted by Crippen LogP contribution is 2.19. The van der Waals surface area contributed by atoms with Gasteiger partial charge in [-0.25, -0.2) is 0 Å². The van der Waals surface area contributed by atoms with E-state index in [-0.39, 0.29) is 6.10 Å². The second-order valence-electron chi connectivity index (χ2n) is 3.95. The van der Waals surface area contributed by atoms with Crippen molar-refractivity contribution in [1.82, 2.24) is 0 Å².